The molecule has 0 amide bonds. The quantitative estimate of drug-likeness (QED) is 0.793. The molecule has 0 spiro atoms. The van der Waals surface area contributed by atoms with E-state index in [2.05, 4.69) is 4.98 Å². The molecule has 0 N–H and O–H groups in total. The highest BCUT2D eigenvalue weighted by Gasteiger charge is 2.36. The Hall–Kier alpha value is -1.20. The van der Waals surface area contributed by atoms with Crippen molar-refractivity contribution >= 4 is 22.6 Å². The molecule has 0 bridgehead atoms. The summed E-state index contributed by atoms with van der Waals surface area (Å²) in [6.07, 6.45) is 0.721. The molecule has 1 atom stereocenters. The summed E-state index contributed by atoms with van der Waals surface area (Å²) in [6, 6.07) is 2.56. The second-order valence-electron chi connectivity index (χ2n) is 5.03. The van der Waals surface area contributed by atoms with Gasteiger partial charge in [0.05, 0.1) is 23.5 Å². The van der Waals surface area contributed by atoms with Gasteiger partial charge in [0.1, 0.15) is 11.3 Å². The Morgan fingerprint density at radius 3 is 2.89 bits per heavy atom. The monoisotopic (exact) mass is 286 g/mol. The molecular weight excluding hydrogens is 274 g/mol. The van der Waals surface area contributed by atoms with E-state index in [1.54, 1.807) is 4.57 Å². The van der Waals surface area contributed by atoms with Gasteiger partial charge in [-0.2, -0.15) is 0 Å². The Bertz CT molecular complexity index is 635. The van der Waals surface area contributed by atoms with Gasteiger partial charge in [0.2, 0.25) is 0 Å². The number of halogens is 3. The molecule has 1 aliphatic heterocycles. The zero-order valence-electron chi connectivity index (χ0n) is 10.4. The molecule has 3 rings (SSSR count). The van der Waals surface area contributed by atoms with E-state index in [-0.39, 0.29) is 11.4 Å². The van der Waals surface area contributed by atoms with E-state index in [1.807, 2.05) is 6.92 Å². The minimum Gasteiger partial charge on any atom is -0.379 e. The summed E-state index contributed by atoms with van der Waals surface area (Å²) >= 11 is 5.90. The third-order valence-electron chi connectivity index (χ3n) is 3.64. The van der Waals surface area contributed by atoms with Gasteiger partial charge in [0.15, 0.2) is 11.6 Å². The number of rotatable bonds is 2. The number of aromatic nitrogens is 2. The SMILES string of the molecule is CC1(n2c(CCl)nc3ccc(F)c(F)c32)CCOC1. The van der Waals surface area contributed by atoms with E-state index >= 15 is 0 Å². The second kappa shape index (κ2) is 4.42. The van der Waals surface area contributed by atoms with Gasteiger partial charge < -0.3 is 9.30 Å². The number of fused-ring (bicyclic) bond motifs is 1. The third kappa shape index (κ3) is 1.83. The molecular formula is C13H13ClF2N2O. The summed E-state index contributed by atoms with van der Waals surface area (Å²) in [6.45, 7) is 2.98. The number of hydrogen-bond acceptors (Lipinski definition) is 2. The van der Waals surface area contributed by atoms with Crippen LogP contribution in [0.1, 0.15) is 19.2 Å². The number of hydrogen-bond donors (Lipinski definition) is 0. The van der Waals surface area contributed by atoms with Gasteiger partial charge in [-0.15, -0.1) is 11.6 Å². The second-order valence-corrected chi connectivity index (χ2v) is 5.29. The Balaban J connectivity index is 2.34. The molecule has 19 heavy (non-hydrogen) atoms. The molecule has 1 unspecified atom stereocenters. The predicted octanol–water partition coefficient (Wildman–Crippen LogP) is 3.19. The van der Waals surface area contributed by atoms with E-state index < -0.39 is 17.2 Å². The number of imidazole rings is 1. The number of nitrogens with zero attached hydrogens (tertiary/aromatic N) is 2. The maximum absolute atomic E-state index is 14.1. The smallest absolute Gasteiger partial charge is 0.184 e. The van der Waals surface area contributed by atoms with Crippen LogP contribution in [0.2, 0.25) is 0 Å². The topological polar surface area (TPSA) is 27.1 Å². The van der Waals surface area contributed by atoms with Gasteiger partial charge in [-0.25, -0.2) is 13.8 Å². The Kier molecular flexibility index (Phi) is 2.98. The van der Waals surface area contributed by atoms with Gasteiger partial charge in [-0.3, -0.25) is 0 Å². The fraction of sp³-hybridized carbons (Fsp3) is 0.462. The van der Waals surface area contributed by atoms with Crippen LogP contribution in [-0.4, -0.2) is 22.8 Å². The van der Waals surface area contributed by atoms with Crippen molar-refractivity contribution in [3.05, 3.63) is 29.6 Å². The van der Waals surface area contributed by atoms with Crippen molar-refractivity contribution in [3.8, 4) is 0 Å². The van der Waals surface area contributed by atoms with Crippen molar-refractivity contribution in [3.63, 3.8) is 0 Å². The average molecular weight is 287 g/mol. The summed E-state index contributed by atoms with van der Waals surface area (Å²) in [4.78, 5) is 4.29. The summed E-state index contributed by atoms with van der Waals surface area (Å²) < 4.78 is 34.7. The van der Waals surface area contributed by atoms with Crippen molar-refractivity contribution in [1.29, 1.82) is 0 Å². The molecule has 2 heterocycles. The van der Waals surface area contributed by atoms with E-state index in [0.717, 1.165) is 12.5 Å². The number of alkyl halides is 1. The normalized spacial score (nSPS) is 23.4. The first-order valence-corrected chi connectivity index (χ1v) is 6.60. The fourth-order valence-electron chi connectivity index (χ4n) is 2.65. The molecule has 0 aliphatic carbocycles. The van der Waals surface area contributed by atoms with Crippen molar-refractivity contribution in [2.75, 3.05) is 13.2 Å². The van der Waals surface area contributed by atoms with Crippen LogP contribution >= 0.6 is 11.6 Å². The molecule has 2 aromatic rings. The van der Waals surface area contributed by atoms with Gasteiger partial charge in [-0.1, -0.05) is 0 Å². The van der Waals surface area contributed by atoms with Crippen molar-refractivity contribution in [1.82, 2.24) is 9.55 Å². The van der Waals surface area contributed by atoms with E-state index in [9.17, 15) is 8.78 Å². The predicted molar refractivity (Wildman–Crippen MR) is 68.3 cm³/mol. The van der Waals surface area contributed by atoms with Crippen LogP contribution in [0.4, 0.5) is 8.78 Å². The van der Waals surface area contributed by atoms with Gasteiger partial charge >= 0.3 is 0 Å². The van der Waals surface area contributed by atoms with Crippen LogP contribution in [-0.2, 0) is 16.2 Å². The molecule has 1 aromatic heterocycles. The van der Waals surface area contributed by atoms with Crippen LogP contribution in [0.3, 0.4) is 0 Å². The molecule has 102 valence electrons. The van der Waals surface area contributed by atoms with Gasteiger partial charge in [0, 0.05) is 6.61 Å². The number of ether oxygens (including phenoxy) is 1. The van der Waals surface area contributed by atoms with Crippen LogP contribution in [0.15, 0.2) is 12.1 Å². The summed E-state index contributed by atoms with van der Waals surface area (Å²) in [5, 5.41) is 0. The minimum absolute atomic E-state index is 0.144. The molecule has 1 aliphatic rings. The fourth-order valence-corrected chi connectivity index (χ4v) is 2.83. The maximum Gasteiger partial charge on any atom is 0.184 e. The average Bonchev–Trinajstić information content (AvgIpc) is 2.98. The number of benzene rings is 1. The van der Waals surface area contributed by atoms with Crippen molar-refractivity contribution in [2.24, 2.45) is 0 Å². The highest BCUT2D eigenvalue weighted by molar-refractivity contribution is 6.16. The van der Waals surface area contributed by atoms with Crippen LogP contribution in [0.25, 0.3) is 11.0 Å². The minimum atomic E-state index is -0.880. The first kappa shape index (κ1) is 12.8. The Labute approximate surface area is 114 Å². The summed E-state index contributed by atoms with van der Waals surface area (Å²) in [7, 11) is 0. The first-order chi connectivity index (χ1) is 9.07. The summed E-state index contributed by atoms with van der Waals surface area (Å²) in [5.74, 6) is -1.08. The van der Waals surface area contributed by atoms with Crippen LogP contribution in [0.5, 0.6) is 0 Å². The lowest BCUT2D eigenvalue weighted by Gasteiger charge is -2.27. The molecule has 0 radical (unpaired) electrons. The van der Waals surface area contributed by atoms with Gasteiger partial charge in [-0.05, 0) is 25.5 Å². The first-order valence-electron chi connectivity index (χ1n) is 6.06. The highest BCUT2D eigenvalue weighted by Crippen LogP contribution is 2.34. The Morgan fingerprint density at radius 1 is 1.47 bits per heavy atom. The molecule has 6 heteroatoms. The lowest BCUT2D eigenvalue weighted by Crippen LogP contribution is -2.32. The van der Waals surface area contributed by atoms with E-state index in [4.69, 9.17) is 16.3 Å². The molecule has 1 saturated heterocycles. The highest BCUT2D eigenvalue weighted by atomic mass is 35.5. The lowest BCUT2D eigenvalue weighted by atomic mass is 10.0. The van der Waals surface area contributed by atoms with Crippen molar-refractivity contribution < 1.29 is 13.5 Å². The van der Waals surface area contributed by atoms with Crippen LogP contribution in [0, 0.1) is 11.6 Å². The third-order valence-corrected chi connectivity index (χ3v) is 3.88. The zero-order valence-corrected chi connectivity index (χ0v) is 11.2. The molecule has 3 nitrogen and oxygen atoms in total. The van der Waals surface area contributed by atoms with Crippen LogP contribution < -0.4 is 0 Å². The maximum atomic E-state index is 14.1. The van der Waals surface area contributed by atoms with E-state index in [0.29, 0.717) is 24.6 Å². The molecule has 1 fully saturated rings. The largest absolute Gasteiger partial charge is 0.379 e. The molecule has 0 saturated carbocycles. The Morgan fingerprint density at radius 2 is 2.26 bits per heavy atom. The van der Waals surface area contributed by atoms with Crippen molar-refractivity contribution in [2.45, 2.75) is 24.8 Å². The zero-order chi connectivity index (χ0) is 13.6. The summed E-state index contributed by atoms with van der Waals surface area (Å²) in [5.41, 5.74) is 0.152. The lowest BCUT2D eigenvalue weighted by molar-refractivity contribution is 0.162. The standard InChI is InChI=1S/C13H13ClF2N2O/c1-13(4-5-19-7-13)18-10(6-14)17-9-3-2-8(15)11(16)12(9)18/h2-3H,4-7H2,1H3. The molecule has 1 aromatic carbocycles. The van der Waals surface area contributed by atoms with Gasteiger partial charge in [0.25, 0.3) is 0 Å². The van der Waals surface area contributed by atoms with E-state index in [1.165, 1.54) is 6.07 Å².